The van der Waals surface area contributed by atoms with Crippen LogP contribution in [0.15, 0.2) is 24.4 Å². The van der Waals surface area contributed by atoms with Crippen LogP contribution >= 0.6 is 0 Å². The largest absolute Gasteiger partial charge is 0.324 e. The molecule has 0 bridgehead atoms. The summed E-state index contributed by atoms with van der Waals surface area (Å²) in [5.41, 5.74) is 4.07. The van der Waals surface area contributed by atoms with E-state index in [-0.39, 0.29) is 11.9 Å². The Morgan fingerprint density at radius 2 is 2.18 bits per heavy atom. The number of amides is 1. The lowest BCUT2D eigenvalue weighted by molar-refractivity contribution is -0.119. The smallest absolute Gasteiger partial charge is 0.249 e. The Bertz CT molecular complexity index is 688. The van der Waals surface area contributed by atoms with Gasteiger partial charge in [0.2, 0.25) is 5.91 Å². The first-order chi connectivity index (χ1) is 10.6. The number of benzene rings is 1. The summed E-state index contributed by atoms with van der Waals surface area (Å²) >= 11 is 0. The van der Waals surface area contributed by atoms with E-state index in [1.54, 1.807) is 4.68 Å². The van der Waals surface area contributed by atoms with Gasteiger partial charge in [-0.15, -0.1) is 5.10 Å². The zero-order chi connectivity index (χ0) is 15.7. The van der Waals surface area contributed by atoms with Crippen LogP contribution in [-0.2, 0) is 4.79 Å². The van der Waals surface area contributed by atoms with Crippen LogP contribution in [0.2, 0.25) is 0 Å². The number of rotatable bonds is 5. The van der Waals surface area contributed by atoms with Crippen molar-refractivity contribution in [1.82, 2.24) is 15.0 Å². The van der Waals surface area contributed by atoms with Gasteiger partial charge in [-0.2, -0.15) is 0 Å². The Morgan fingerprint density at radius 1 is 1.41 bits per heavy atom. The minimum Gasteiger partial charge on any atom is -0.324 e. The van der Waals surface area contributed by atoms with E-state index in [2.05, 4.69) is 15.6 Å². The average Bonchev–Trinajstić information content (AvgIpc) is 3.23. The summed E-state index contributed by atoms with van der Waals surface area (Å²) in [6.45, 7) is 6.01. The van der Waals surface area contributed by atoms with Crippen LogP contribution in [0.3, 0.4) is 0 Å². The molecule has 1 fully saturated rings. The molecule has 1 saturated carbocycles. The van der Waals surface area contributed by atoms with Crippen LogP contribution < -0.4 is 5.32 Å². The van der Waals surface area contributed by atoms with Crippen LogP contribution in [0.1, 0.15) is 55.0 Å². The van der Waals surface area contributed by atoms with Crippen LogP contribution in [0.25, 0.3) is 0 Å². The molecule has 1 aromatic carbocycles. The highest BCUT2D eigenvalue weighted by molar-refractivity contribution is 5.94. The minimum atomic E-state index is -0.320. The van der Waals surface area contributed by atoms with Crippen LogP contribution in [0.5, 0.6) is 0 Å². The molecule has 0 saturated heterocycles. The van der Waals surface area contributed by atoms with Gasteiger partial charge in [0.1, 0.15) is 6.04 Å². The minimum absolute atomic E-state index is 0.0385. The molecule has 2 aromatic rings. The maximum Gasteiger partial charge on any atom is 0.249 e. The van der Waals surface area contributed by atoms with E-state index < -0.39 is 0 Å². The molecule has 1 unspecified atom stereocenters. The highest BCUT2D eigenvalue weighted by atomic mass is 16.2. The third-order valence-electron chi connectivity index (χ3n) is 4.18. The summed E-state index contributed by atoms with van der Waals surface area (Å²) in [5.74, 6) is 0.511. The number of aromatic nitrogens is 3. The predicted molar refractivity (Wildman–Crippen MR) is 85.9 cm³/mol. The number of anilines is 1. The molecule has 5 nitrogen and oxygen atoms in total. The summed E-state index contributed by atoms with van der Waals surface area (Å²) in [4.78, 5) is 12.6. The van der Waals surface area contributed by atoms with Gasteiger partial charge >= 0.3 is 0 Å². The highest BCUT2D eigenvalue weighted by Crippen LogP contribution is 2.38. The zero-order valence-electron chi connectivity index (χ0n) is 13.3. The molecule has 116 valence electrons. The number of carbonyl (C=O) groups is 1. The molecular weight excluding hydrogens is 276 g/mol. The van der Waals surface area contributed by atoms with Gasteiger partial charge in [-0.3, -0.25) is 4.79 Å². The lowest BCUT2D eigenvalue weighted by atomic mass is 10.1. The molecule has 5 heteroatoms. The molecule has 1 amide bonds. The first-order valence-electron chi connectivity index (χ1n) is 7.88. The monoisotopic (exact) mass is 298 g/mol. The third-order valence-corrected chi connectivity index (χ3v) is 4.18. The van der Waals surface area contributed by atoms with Gasteiger partial charge in [0.15, 0.2) is 0 Å². The van der Waals surface area contributed by atoms with Gasteiger partial charge in [-0.05, 0) is 50.3 Å². The van der Waals surface area contributed by atoms with Crippen molar-refractivity contribution in [2.24, 2.45) is 0 Å². The van der Waals surface area contributed by atoms with E-state index >= 15 is 0 Å². The van der Waals surface area contributed by atoms with Crippen molar-refractivity contribution in [2.75, 3.05) is 5.32 Å². The second-order valence-electron chi connectivity index (χ2n) is 6.13. The molecule has 1 atom stereocenters. The Balaban J connectivity index is 1.77. The van der Waals surface area contributed by atoms with E-state index in [0.717, 1.165) is 22.5 Å². The Hall–Kier alpha value is -2.17. The van der Waals surface area contributed by atoms with E-state index in [1.165, 1.54) is 12.8 Å². The fourth-order valence-electron chi connectivity index (χ4n) is 2.59. The van der Waals surface area contributed by atoms with E-state index in [0.29, 0.717) is 12.3 Å². The second-order valence-corrected chi connectivity index (χ2v) is 6.13. The van der Waals surface area contributed by atoms with Crippen molar-refractivity contribution >= 4 is 11.6 Å². The standard InChI is InChI=1S/C17H22N4O/c1-4-16(21-10-15(19-20-21)13-7-8-13)17(22)18-14-9-11(2)5-6-12(14)3/h5-6,9-10,13,16H,4,7-8H2,1-3H3,(H,18,22). The van der Waals surface area contributed by atoms with Gasteiger partial charge in [-0.25, -0.2) is 4.68 Å². The van der Waals surface area contributed by atoms with Crippen LogP contribution in [0, 0.1) is 13.8 Å². The Labute approximate surface area is 130 Å². The fourth-order valence-corrected chi connectivity index (χ4v) is 2.59. The summed E-state index contributed by atoms with van der Waals surface area (Å²) in [7, 11) is 0. The molecule has 1 aliphatic carbocycles. The van der Waals surface area contributed by atoms with Crippen molar-refractivity contribution in [3.8, 4) is 0 Å². The number of hydrogen-bond acceptors (Lipinski definition) is 3. The summed E-state index contributed by atoms with van der Waals surface area (Å²) in [6, 6.07) is 5.74. The number of nitrogens with one attached hydrogen (secondary N) is 1. The number of hydrogen-bond donors (Lipinski definition) is 1. The molecular formula is C17H22N4O. The van der Waals surface area contributed by atoms with Crippen molar-refractivity contribution in [3.05, 3.63) is 41.2 Å². The SMILES string of the molecule is CCC(C(=O)Nc1cc(C)ccc1C)n1cc(C2CC2)nn1. The Morgan fingerprint density at radius 3 is 2.86 bits per heavy atom. The van der Waals surface area contributed by atoms with E-state index in [4.69, 9.17) is 0 Å². The van der Waals surface area contributed by atoms with Gasteiger partial charge < -0.3 is 5.32 Å². The fraction of sp³-hybridized carbons (Fsp3) is 0.471. The molecule has 0 radical (unpaired) electrons. The Kier molecular flexibility index (Phi) is 3.96. The first-order valence-corrected chi connectivity index (χ1v) is 7.88. The summed E-state index contributed by atoms with van der Waals surface area (Å²) in [6.07, 6.45) is 4.98. The third kappa shape index (κ3) is 3.03. The van der Waals surface area contributed by atoms with Crippen molar-refractivity contribution in [2.45, 2.75) is 52.0 Å². The topological polar surface area (TPSA) is 59.8 Å². The summed E-state index contributed by atoms with van der Waals surface area (Å²) in [5, 5.41) is 11.4. The molecule has 22 heavy (non-hydrogen) atoms. The normalized spacial score (nSPS) is 15.6. The van der Waals surface area contributed by atoms with Crippen LogP contribution in [-0.4, -0.2) is 20.9 Å². The lowest BCUT2D eigenvalue weighted by Crippen LogP contribution is -2.26. The lowest BCUT2D eigenvalue weighted by Gasteiger charge is -2.16. The second kappa shape index (κ2) is 5.91. The summed E-state index contributed by atoms with van der Waals surface area (Å²) < 4.78 is 1.70. The van der Waals surface area contributed by atoms with E-state index in [1.807, 2.05) is 45.2 Å². The number of carbonyl (C=O) groups excluding carboxylic acids is 1. The van der Waals surface area contributed by atoms with Gasteiger partial charge in [0.25, 0.3) is 0 Å². The molecule has 0 aliphatic heterocycles. The average molecular weight is 298 g/mol. The van der Waals surface area contributed by atoms with Gasteiger partial charge in [0.05, 0.1) is 5.69 Å². The predicted octanol–water partition coefficient (Wildman–Crippen LogP) is 3.36. The molecule has 1 N–H and O–H groups in total. The van der Waals surface area contributed by atoms with E-state index in [9.17, 15) is 4.79 Å². The molecule has 1 heterocycles. The van der Waals surface area contributed by atoms with Gasteiger partial charge in [-0.1, -0.05) is 24.3 Å². The zero-order valence-corrected chi connectivity index (χ0v) is 13.3. The maximum absolute atomic E-state index is 12.6. The van der Waals surface area contributed by atoms with Crippen LogP contribution in [0.4, 0.5) is 5.69 Å². The number of nitrogens with zero attached hydrogens (tertiary/aromatic N) is 3. The highest BCUT2D eigenvalue weighted by Gasteiger charge is 2.28. The molecule has 3 rings (SSSR count). The van der Waals surface area contributed by atoms with Gasteiger partial charge in [0, 0.05) is 17.8 Å². The molecule has 0 spiro atoms. The molecule has 1 aromatic heterocycles. The number of aryl methyl sites for hydroxylation is 2. The van der Waals surface area contributed by atoms with Crippen molar-refractivity contribution in [1.29, 1.82) is 0 Å². The molecule has 1 aliphatic rings. The maximum atomic E-state index is 12.6. The van der Waals surface area contributed by atoms with Crippen molar-refractivity contribution < 1.29 is 4.79 Å². The van der Waals surface area contributed by atoms with Crippen molar-refractivity contribution in [3.63, 3.8) is 0 Å². The first kappa shape index (κ1) is 14.8. The quantitative estimate of drug-likeness (QED) is 0.920.